The number of nitrogens with zero attached hydrogens (tertiary/aromatic N) is 3. The van der Waals surface area contributed by atoms with Crippen molar-refractivity contribution in [2.24, 2.45) is 4.99 Å². The highest BCUT2D eigenvalue weighted by Crippen LogP contribution is 2.25. The molecule has 0 aliphatic rings. The molecule has 0 spiro atoms. The predicted octanol–water partition coefficient (Wildman–Crippen LogP) is 4.24. The van der Waals surface area contributed by atoms with Gasteiger partial charge in [0.1, 0.15) is 5.69 Å². The Hall–Kier alpha value is -2.68. The molecule has 1 heterocycles. The zero-order valence-corrected chi connectivity index (χ0v) is 12.2. The quantitative estimate of drug-likeness (QED) is 0.657. The Morgan fingerprint density at radius 3 is 2.19 bits per heavy atom. The number of rotatable bonds is 3. The first kappa shape index (κ1) is 13.3. The minimum absolute atomic E-state index is 0.933. The van der Waals surface area contributed by atoms with Crippen molar-refractivity contribution in [1.82, 2.24) is 9.78 Å². The Morgan fingerprint density at radius 1 is 0.905 bits per heavy atom. The fourth-order valence-electron chi connectivity index (χ4n) is 2.32. The molecule has 1 aromatic heterocycles. The van der Waals surface area contributed by atoms with Crippen LogP contribution in [0.5, 0.6) is 0 Å². The molecule has 0 aliphatic carbocycles. The summed E-state index contributed by atoms with van der Waals surface area (Å²) in [5.74, 6) is 0. The molecule has 0 atom stereocenters. The topological polar surface area (TPSA) is 30.2 Å². The zero-order chi connectivity index (χ0) is 14.7. The van der Waals surface area contributed by atoms with E-state index in [-0.39, 0.29) is 0 Å². The second kappa shape index (κ2) is 5.75. The molecule has 0 unspecified atom stereocenters. The van der Waals surface area contributed by atoms with E-state index >= 15 is 0 Å². The normalized spacial score (nSPS) is 11.1. The number of benzene rings is 2. The van der Waals surface area contributed by atoms with Crippen LogP contribution in [0.15, 0.2) is 65.7 Å². The van der Waals surface area contributed by atoms with E-state index in [0.29, 0.717) is 0 Å². The molecule has 0 bridgehead atoms. The predicted molar refractivity (Wildman–Crippen MR) is 86.7 cm³/mol. The van der Waals surface area contributed by atoms with Crippen LogP contribution in [0.3, 0.4) is 0 Å². The molecule has 2 aromatic carbocycles. The van der Waals surface area contributed by atoms with Gasteiger partial charge in [0.25, 0.3) is 0 Å². The largest absolute Gasteiger partial charge is 0.252 e. The number of aryl methyl sites for hydroxylation is 1. The van der Waals surface area contributed by atoms with Gasteiger partial charge in [-0.2, -0.15) is 5.10 Å². The summed E-state index contributed by atoms with van der Waals surface area (Å²) in [7, 11) is 0. The molecular formula is C18H17N3. The van der Waals surface area contributed by atoms with Crippen molar-refractivity contribution >= 4 is 11.9 Å². The molecule has 0 fully saturated rings. The van der Waals surface area contributed by atoms with E-state index in [0.717, 1.165) is 28.3 Å². The fraction of sp³-hybridized carbons (Fsp3) is 0.111. The van der Waals surface area contributed by atoms with Crippen LogP contribution in [0.2, 0.25) is 0 Å². The molecule has 0 aliphatic heterocycles. The lowest BCUT2D eigenvalue weighted by Crippen LogP contribution is -1.98. The summed E-state index contributed by atoms with van der Waals surface area (Å²) in [5, 5.41) is 4.60. The van der Waals surface area contributed by atoms with Crippen molar-refractivity contribution < 1.29 is 0 Å². The summed E-state index contributed by atoms with van der Waals surface area (Å²) in [6.07, 6.45) is 1.88. The first-order valence-electron chi connectivity index (χ1n) is 6.96. The van der Waals surface area contributed by atoms with Gasteiger partial charge in [-0.1, -0.05) is 48.5 Å². The maximum Gasteiger partial charge on any atom is 0.107 e. The second-order valence-electron chi connectivity index (χ2n) is 4.94. The summed E-state index contributed by atoms with van der Waals surface area (Å²) in [6.45, 7) is 4.04. The van der Waals surface area contributed by atoms with E-state index in [2.05, 4.69) is 10.1 Å². The molecule has 0 amide bonds. The third kappa shape index (κ3) is 2.77. The summed E-state index contributed by atoms with van der Waals surface area (Å²) in [5.41, 5.74) is 5.06. The Labute approximate surface area is 124 Å². The lowest BCUT2D eigenvalue weighted by atomic mass is 10.2. The first-order valence-corrected chi connectivity index (χ1v) is 6.96. The van der Waals surface area contributed by atoms with Crippen molar-refractivity contribution in [3.63, 3.8) is 0 Å². The summed E-state index contributed by atoms with van der Waals surface area (Å²) in [4.78, 5) is 4.61. The van der Waals surface area contributed by atoms with Crippen LogP contribution in [-0.4, -0.2) is 16.0 Å². The maximum atomic E-state index is 4.61. The number of aliphatic imine (C=N–C) groups is 1. The Kier molecular flexibility index (Phi) is 3.65. The average Bonchev–Trinajstić information content (AvgIpc) is 2.82. The summed E-state index contributed by atoms with van der Waals surface area (Å²) < 4.78 is 1.94. The molecule has 3 nitrogen and oxygen atoms in total. The van der Waals surface area contributed by atoms with E-state index in [1.807, 2.05) is 85.4 Å². The van der Waals surface area contributed by atoms with Gasteiger partial charge < -0.3 is 0 Å². The molecule has 0 saturated carbocycles. The zero-order valence-electron chi connectivity index (χ0n) is 12.2. The number of para-hydroxylation sites is 1. The highest BCUT2D eigenvalue weighted by molar-refractivity contribution is 5.82. The van der Waals surface area contributed by atoms with Crippen LogP contribution < -0.4 is 0 Å². The van der Waals surface area contributed by atoms with Gasteiger partial charge in [0.2, 0.25) is 0 Å². The molecule has 3 aromatic rings. The standard InChI is InChI=1S/C18H17N3/c1-14-18(19-13-16-9-5-3-6-10-16)15(2)21(20-14)17-11-7-4-8-12-17/h3-13H,1-2H3. The Balaban J connectivity index is 1.98. The molecule has 3 rings (SSSR count). The van der Waals surface area contributed by atoms with E-state index < -0.39 is 0 Å². The van der Waals surface area contributed by atoms with E-state index in [1.165, 1.54) is 0 Å². The van der Waals surface area contributed by atoms with Crippen LogP contribution in [0.25, 0.3) is 5.69 Å². The van der Waals surface area contributed by atoms with Crippen LogP contribution in [0.1, 0.15) is 17.0 Å². The van der Waals surface area contributed by atoms with Crippen LogP contribution in [0.4, 0.5) is 5.69 Å². The smallest absolute Gasteiger partial charge is 0.107 e. The minimum Gasteiger partial charge on any atom is -0.252 e. The van der Waals surface area contributed by atoms with Gasteiger partial charge in [-0.05, 0) is 31.5 Å². The molecular weight excluding hydrogens is 258 g/mol. The monoisotopic (exact) mass is 275 g/mol. The number of hydrogen-bond acceptors (Lipinski definition) is 2. The third-order valence-electron chi connectivity index (χ3n) is 3.40. The van der Waals surface area contributed by atoms with Crippen LogP contribution >= 0.6 is 0 Å². The lowest BCUT2D eigenvalue weighted by molar-refractivity contribution is 0.834. The highest BCUT2D eigenvalue weighted by atomic mass is 15.3. The van der Waals surface area contributed by atoms with Gasteiger partial charge in [0.05, 0.1) is 17.1 Å². The SMILES string of the molecule is Cc1nn(-c2ccccc2)c(C)c1N=Cc1ccccc1. The maximum absolute atomic E-state index is 4.61. The van der Waals surface area contributed by atoms with Crippen LogP contribution in [-0.2, 0) is 0 Å². The fourth-order valence-corrected chi connectivity index (χ4v) is 2.32. The van der Waals surface area contributed by atoms with Gasteiger partial charge in [-0.3, -0.25) is 4.99 Å². The molecule has 104 valence electrons. The molecule has 21 heavy (non-hydrogen) atoms. The van der Waals surface area contributed by atoms with Gasteiger partial charge in [-0.15, -0.1) is 0 Å². The van der Waals surface area contributed by atoms with E-state index in [4.69, 9.17) is 0 Å². The molecule has 0 radical (unpaired) electrons. The van der Waals surface area contributed by atoms with E-state index in [9.17, 15) is 0 Å². The van der Waals surface area contributed by atoms with Gasteiger partial charge in [0, 0.05) is 6.21 Å². The van der Waals surface area contributed by atoms with Crippen molar-refractivity contribution in [2.45, 2.75) is 13.8 Å². The Bertz CT molecular complexity index is 756. The molecule has 3 heteroatoms. The van der Waals surface area contributed by atoms with Gasteiger partial charge in [0.15, 0.2) is 0 Å². The Morgan fingerprint density at radius 2 is 1.52 bits per heavy atom. The minimum atomic E-state index is 0.933. The van der Waals surface area contributed by atoms with Crippen molar-refractivity contribution in [3.8, 4) is 5.69 Å². The first-order chi connectivity index (χ1) is 10.3. The second-order valence-corrected chi connectivity index (χ2v) is 4.94. The number of hydrogen-bond donors (Lipinski definition) is 0. The molecule has 0 saturated heterocycles. The summed E-state index contributed by atoms with van der Waals surface area (Å²) in [6, 6.07) is 20.2. The third-order valence-corrected chi connectivity index (χ3v) is 3.40. The van der Waals surface area contributed by atoms with Crippen molar-refractivity contribution in [1.29, 1.82) is 0 Å². The average molecular weight is 275 g/mol. The lowest BCUT2D eigenvalue weighted by Gasteiger charge is -2.03. The van der Waals surface area contributed by atoms with Gasteiger partial charge in [-0.25, -0.2) is 4.68 Å². The highest BCUT2D eigenvalue weighted by Gasteiger charge is 2.11. The van der Waals surface area contributed by atoms with E-state index in [1.54, 1.807) is 0 Å². The van der Waals surface area contributed by atoms with Crippen LogP contribution in [0, 0.1) is 13.8 Å². The molecule has 0 N–H and O–H groups in total. The number of aromatic nitrogens is 2. The van der Waals surface area contributed by atoms with Gasteiger partial charge >= 0.3 is 0 Å². The summed E-state index contributed by atoms with van der Waals surface area (Å²) >= 11 is 0. The van der Waals surface area contributed by atoms with Crippen molar-refractivity contribution in [2.75, 3.05) is 0 Å². The van der Waals surface area contributed by atoms with Crippen molar-refractivity contribution in [3.05, 3.63) is 77.6 Å².